The van der Waals surface area contributed by atoms with Gasteiger partial charge in [-0.15, -0.1) is 5.10 Å². The molecule has 4 rings (SSSR count). The highest BCUT2D eigenvalue weighted by molar-refractivity contribution is 5.15. The largest absolute Gasteiger partial charge is 0.468 e. The molecule has 0 amide bonds. The number of benzene rings is 1. The summed E-state index contributed by atoms with van der Waals surface area (Å²) in [6.07, 6.45) is 4.21. The second-order valence-electron chi connectivity index (χ2n) is 6.62. The van der Waals surface area contributed by atoms with Crippen molar-refractivity contribution in [3.8, 4) is 0 Å². The molecule has 0 spiro atoms. The molecule has 0 N–H and O–H groups in total. The van der Waals surface area contributed by atoms with Gasteiger partial charge >= 0.3 is 0 Å². The molecule has 7 heteroatoms. The van der Waals surface area contributed by atoms with E-state index in [9.17, 15) is 0 Å². The van der Waals surface area contributed by atoms with Gasteiger partial charge in [-0.25, -0.2) is 4.68 Å². The van der Waals surface area contributed by atoms with Gasteiger partial charge in [-0.3, -0.25) is 4.90 Å². The molecule has 1 aromatic carbocycles. The number of tetrazole rings is 1. The molecule has 1 aliphatic heterocycles. The molecule has 2 aromatic heterocycles. The van der Waals surface area contributed by atoms with Crippen LogP contribution in [0.2, 0.25) is 0 Å². The minimum atomic E-state index is 0.267. The van der Waals surface area contributed by atoms with Crippen molar-refractivity contribution in [2.75, 3.05) is 13.2 Å². The van der Waals surface area contributed by atoms with Crippen molar-refractivity contribution in [2.45, 2.75) is 38.6 Å². The molecule has 7 nitrogen and oxygen atoms in total. The molecule has 1 saturated heterocycles. The van der Waals surface area contributed by atoms with Crippen molar-refractivity contribution in [1.29, 1.82) is 0 Å². The Balaban J connectivity index is 1.47. The highest BCUT2D eigenvalue weighted by Gasteiger charge is 2.22. The Bertz CT molecular complexity index is 781. The lowest BCUT2D eigenvalue weighted by atomic mass is 10.2. The molecule has 3 heterocycles. The summed E-state index contributed by atoms with van der Waals surface area (Å²) < 4.78 is 13.2. The first-order valence-corrected chi connectivity index (χ1v) is 9.02. The fourth-order valence-corrected chi connectivity index (χ4v) is 3.30. The Morgan fingerprint density at radius 3 is 2.81 bits per heavy atom. The van der Waals surface area contributed by atoms with E-state index < -0.39 is 0 Å². The van der Waals surface area contributed by atoms with Crippen LogP contribution >= 0.6 is 0 Å². The fourth-order valence-electron chi connectivity index (χ4n) is 3.30. The van der Waals surface area contributed by atoms with E-state index in [2.05, 4.69) is 32.6 Å². The van der Waals surface area contributed by atoms with Crippen LogP contribution in [0, 0.1) is 0 Å². The molecule has 1 atom stereocenters. The standard InChI is InChI=1S/C19H23N5O2/c1-2-6-16(7-3-1)12-24-19(20-21-22-24)15-23(13-17-8-4-10-25-17)14-18-9-5-11-26-18/h1-4,6-8,10,18H,5,9,11-15H2. The van der Waals surface area contributed by atoms with Crippen molar-refractivity contribution < 1.29 is 9.15 Å². The first-order chi connectivity index (χ1) is 12.9. The molecule has 0 aliphatic carbocycles. The first-order valence-electron chi connectivity index (χ1n) is 9.02. The monoisotopic (exact) mass is 353 g/mol. The Morgan fingerprint density at radius 2 is 2.04 bits per heavy atom. The van der Waals surface area contributed by atoms with Gasteiger partial charge in [0, 0.05) is 13.2 Å². The van der Waals surface area contributed by atoms with E-state index in [4.69, 9.17) is 9.15 Å². The van der Waals surface area contributed by atoms with Crippen LogP contribution in [-0.2, 0) is 24.4 Å². The third-order valence-corrected chi connectivity index (χ3v) is 4.59. The van der Waals surface area contributed by atoms with Crippen LogP contribution in [0.15, 0.2) is 53.1 Å². The summed E-state index contributed by atoms with van der Waals surface area (Å²) in [5, 5.41) is 12.3. The predicted molar refractivity (Wildman–Crippen MR) is 95.2 cm³/mol. The number of aromatic nitrogens is 4. The van der Waals surface area contributed by atoms with Gasteiger partial charge in [-0.05, 0) is 41.0 Å². The summed E-state index contributed by atoms with van der Waals surface area (Å²) in [5.41, 5.74) is 1.18. The van der Waals surface area contributed by atoms with E-state index in [1.54, 1.807) is 6.26 Å². The molecule has 136 valence electrons. The molecule has 1 fully saturated rings. The zero-order valence-electron chi connectivity index (χ0n) is 14.7. The maximum absolute atomic E-state index is 5.82. The van der Waals surface area contributed by atoms with Crippen molar-refractivity contribution in [3.63, 3.8) is 0 Å². The van der Waals surface area contributed by atoms with Crippen LogP contribution in [0.4, 0.5) is 0 Å². The minimum absolute atomic E-state index is 0.267. The summed E-state index contributed by atoms with van der Waals surface area (Å²) >= 11 is 0. The van der Waals surface area contributed by atoms with Crippen LogP contribution in [0.3, 0.4) is 0 Å². The third kappa shape index (κ3) is 4.36. The smallest absolute Gasteiger partial charge is 0.165 e. The maximum atomic E-state index is 5.82. The van der Waals surface area contributed by atoms with Gasteiger partial charge in [0.15, 0.2) is 5.82 Å². The van der Waals surface area contributed by atoms with E-state index in [1.165, 1.54) is 5.56 Å². The number of rotatable bonds is 8. The van der Waals surface area contributed by atoms with E-state index in [1.807, 2.05) is 35.0 Å². The topological polar surface area (TPSA) is 69.2 Å². The molecule has 1 aliphatic rings. The summed E-state index contributed by atoms with van der Waals surface area (Å²) in [6, 6.07) is 14.1. The molecular weight excluding hydrogens is 330 g/mol. The van der Waals surface area contributed by atoms with Gasteiger partial charge in [0.25, 0.3) is 0 Å². The third-order valence-electron chi connectivity index (χ3n) is 4.59. The van der Waals surface area contributed by atoms with Gasteiger partial charge in [0.2, 0.25) is 0 Å². The van der Waals surface area contributed by atoms with Crippen LogP contribution in [-0.4, -0.2) is 44.4 Å². The molecule has 26 heavy (non-hydrogen) atoms. The maximum Gasteiger partial charge on any atom is 0.165 e. The van der Waals surface area contributed by atoms with Crippen molar-refractivity contribution >= 4 is 0 Å². The van der Waals surface area contributed by atoms with Crippen LogP contribution in [0.1, 0.15) is 30.0 Å². The highest BCUT2D eigenvalue weighted by atomic mass is 16.5. The normalized spacial score (nSPS) is 17.2. The molecule has 0 bridgehead atoms. The van der Waals surface area contributed by atoms with E-state index in [0.717, 1.165) is 37.6 Å². The summed E-state index contributed by atoms with van der Waals surface area (Å²) in [7, 11) is 0. The fraction of sp³-hybridized carbons (Fsp3) is 0.421. The van der Waals surface area contributed by atoms with Gasteiger partial charge in [0.05, 0.1) is 32.0 Å². The van der Waals surface area contributed by atoms with E-state index >= 15 is 0 Å². The van der Waals surface area contributed by atoms with Gasteiger partial charge in [0.1, 0.15) is 5.76 Å². The Hall–Kier alpha value is -2.51. The molecule has 1 unspecified atom stereocenters. The lowest BCUT2D eigenvalue weighted by molar-refractivity contribution is 0.0640. The first kappa shape index (κ1) is 16.9. The molecular formula is C19H23N5O2. The second-order valence-corrected chi connectivity index (χ2v) is 6.62. The summed E-state index contributed by atoms with van der Waals surface area (Å²) in [4.78, 5) is 2.29. The van der Waals surface area contributed by atoms with Gasteiger partial charge < -0.3 is 9.15 Å². The summed E-state index contributed by atoms with van der Waals surface area (Å²) in [5.74, 6) is 1.78. The minimum Gasteiger partial charge on any atom is -0.468 e. The van der Waals surface area contributed by atoms with Crippen LogP contribution in [0.25, 0.3) is 0 Å². The van der Waals surface area contributed by atoms with Crippen LogP contribution < -0.4 is 0 Å². The lowest BCUT2D eigenvalue weighted by Crippen LogP contribution is -2.32. The summed E-state index contributed by atoms with van der Waals surface area (Å²) in [6.45, 7) is 3.73. The van der Waals surface area contributed by atoms with Crippen molar-refractivity contribution in [2.24, 2.45) is 0 Å². The highest BCUT2D eigenvalue weighted by Crippen LogP contribution is 2.17. The molecule has 3 aromatic rings. The lowest BCUT2D eigenvalue weighted by Gasteiger charge is -2.23. The number of hydrogen-bond donors (Lipinski definition) is 0. The molecule has 0 radical (unpaired) electrons. The van der Waals surface area contributed by atoms with E-state index in [0.29, 0.717) is 19.6 Å². The second kappa shape index (κ2) is 8.25. The van der Waals surface area contributed by atoms with E-state index in [-0.39, 0.29) is 6.10 Å². The van der Waals surface area contributed by atoms with Gasteiger partial charge in [-0.1, -0.05) is 30.3 Å². The van der Waals surface area contributed by atoms with Gasteiger partial charge in [-0.2, -0.15) is 0 Å². The zero-order valence-corrected chi connectivity index (χ0v) is 14.7. The number of nitrogens with zero attached hydrogens (tertiary/aromatic N) is 5. The Morgan fingerprint density at radius 1 is 1.12 bits per heavy atom. The average Bonchev–Trinajstić information content (AvgIpc) is 3.41. The van der Waals surface area contributed by atoms with Crippen LogP contribution in [0.5, 0.6) is 0 Å². The SMILES string of the molecule is c1ccc(Cn2nnnc2CN(Cc2ccco2)CC2CCCO2)cc1. The zero-order chi connectivity index (χ0) is 17.6. The average molecular weight is 353 g/mol. The number of furan rings is 1. The number of hydrogen-bond acceptors (Lipinski definition) is 6. The van der Waals surface area contributed by atoms with Crippen molar-refractivity contribution in [1.82, 2.24) is 25.1 Å². The van der Waals surface area contributed by atoms with Crippen molar-refractivity contribution in [3.05, 3.63) is 65.9 Å². The quantitative estimate of drug-likeness (QED) is 0.620. The molecule has 0 saturated carbocycles. The Labute approximate surface area is 152 Å². The Kier molecular flexibility index (Phi) is 5.37. The number of ether oxygens (including phenoxy) is 1. The predicted octanol–water partition coefficient (Wildman–Crippen LogP) is 2.50.